The molecular weight excluding hydrogens is 549 g/mol. The number of nitrogens with one attached hydrogen (secondary N) is 6. The van der Waals surface area contributed by atoms with Crippen LogP contribution in [0.2, 0.25) is 0 Å². The highest BCUT2D eigenvalue weighted by molar-refractivity contribution is 5.80. The molecule has 6 fully saturated rings. The van der Waals surface area contributed by atoms with Gasteiger partial charge in [0.05, 0.1) is 18.4 Å². The van der Waals surface area contributed by atoms with Gasteiger partial charge in [0.25, 0.3) is 0 Å². The molecule has 6 N–H and O–H groups in total. The third-order valence-corrected chi connectivity index (χ3v) is 10.4. The van der Waals surface area contributed by atoms with Crippen LogP contribution in [0.3, 0.4) is 0 Å². The average molecular weight is 594 g/mol. The van der Waals surface area contributed by atoms with Crippen LogP contribution >= 0.6 is 0 Å². The molecule has 12 unspecified atom stereocenters. The van der Waals surface area contributed by atoms with Crippen molar-refractivity contribution in [2.75, 3.05) is 47.5 Å². The lowest BCUT2D eigenvalue weighted by atomic mass is 9.77. The highest BCUT2D eigenvalue weighted by Crippen LogP contribution is 2.41. The monoisotopic (exact) mass is 593 g/mol. The molecule has 0 amide bonds. The summed E-state index contributed by atoms with van der Waals surface area (Å²) in [6, 6.07) is -1.54. The quantitative estimate of drug-likeness (QED) is 0.245. The normalized spacial score (nSPS) is 46.3. The SMILES string of the molecule is COC1NCNC(C2CC2)C1C1NCC2C(N1)N(CC1CC(F)C(C3NC(C(F)(F)F)CN3C)CC1F)C(=N)N2C. The molecular formula is C26H44F5N9O. The zero-order valence-electron chi connectivity index (χ0n) is 23.8. The van der Waals surface area contributed by atoms with Gasteiger partial charge in [0, 0.05) is 64.3 Å². The van der Waals surface area contributed by atoms with Gasteiger partial charge in [-0.15, -0.1) is 0 Å². The summed E-state index contributed by atoms with van der Waals surface area (Å²) in [5.41, 5.74) is 0. The van der Waals surface area contributed by atoms with Crippen molar-refractivity contribution in [2.45, 2.75) is 87.1 Å². The van der Waals surface area contributed by atoms with Gasteiger partial charge in [-0.05, 0) is 38.6 Å². The maximum Gasteiger partial charge on any atom is 0.405 e. The second-order valence-electron chi connectivity index (χ2n) is 12.9. The van der Waals surface area contributed by atoms with Crippen molar-refractivity contribution >= 4 is 5.96 Å². The van der Waals surface area contributed by atoms with Crippen molar-refractivity contribution in [1.82, 2.24) is 41.3 Å². The van der Waals surface area contributed by atoms with Gasteiger partial charge >= 0.3 is 6.18 Å². The number of hydrogen-bond acceptors (Lipinski definition) is 8. The molecule has 0 spiro atoms. The van der Waals surface area contributed by atoms with Crippen molar-refractivity contribution in [3.63, 3.8) is 0 Å². The largest absolute Gasteiger partial charge is 0.405 e. The van der Waals surface area contributed by atoms with Crippen LogP contribution in [-0.4, -0.2) is 130 Å². The Balaban J connectivity index is 1.13. The minimum absolute atomic E-state index is 0.0603. The Morgan fingerprint density at radius 1 is 1.00 bits per heavy atom. The van der Waals surface area contributed by atoms with E-state index in [0.717, 1.165) is 0 Å². The van der Waals surface area contributed by atoms with Crippen LogP contribution in [0.1, 0.15) is 25.7 Å². The van der Waals surface area contributed by atoms with Crippen molar-refractivity contribution in [2.24, 2.45) is 23.7 Å². The summed E-state index contributed by atoms with van der Waals surface area (Å²) in [7, 11) is 5.07. The molecule has 15 heteroatoms. The lowest BCUT2D eigenvalue weighted by Crippen LogP contribution is -2.73. The van der Waals surface area contributed by atoms with Crippen LogP contribution in [-0.2, 0) is 4.74 Å². The Hall–Kier alpha value is -1.36. The smallest absolute Gasteiger partial charge is 0.366 e. The summed E-state index contributed by atoms with van der Waals surface area (Å²) in [5, 5.41) is 25.6. The van der Waals surface area contributed by atoms with Crippen LogP contribution in [0, 0.1) is 29.1 Å². The van der Waals surface area contributed by atoms with Crippen LogP contribution in [0.4, 0.5) is 22.0 Å². The lowest BCUT2D eigenvalue weighted by molar-refractivity contribution is -0.151. The van der Waals surface area contributed by atoms with Gasteiger partial charge in [0.15, 0.2) is 5.96 Å². The molecule has 4 saturated heterocycles. The molecule has 12 atom stereocenters. The average Bonchev–Trinajstić information content (AvgIpc) is 3.67. The first-order chi connectivity index (χ1) is 19.5. The van der Waals surface area contributed by atoms with E-state index in [1.54, 1.807) is 7.11 Å². The summed E-state index contributed by atoms with van der Waals surface area (Å²) in [6.45, 7) is 1.18. The molecule has 41 heavy (non-hydrogen) atoms. The Kier molecular flexibility index (Phi) is 8.18. The van der Waals surface area contributed by atoms with E-state index in [-0.39, 0.29) is 68.5 Å². The number of fused-ring (bicyclic) bond motifs is 1. The van der Waals surface area contributed by atoms with E-state index in [4.69, 9.17) is 10.1 Å². The fraction of sp³-hybridized carbons (Fsp3) is 0.962. The maximum absolute atomic E-state index is 15.7. The van der Waals surface area contributed by atoms with Gasteiger partial charge < -0.3 is 19.9 Å². The van der Waals surface area contributed by atoms with Crippen molar-refractivity contribution in [3.8, 4) is 0 Å². The summed E-state index contributed by atoms with van der Waals surface area (Å²) < 4.78 is 76.9. The van der Waals surface area contributed by atoms with Gasteiger partial charge in [0.1, 0.15) is 30.8 Å². The Labute approximate surface area is 237 Å². The van der Waals surface area contributed by atoms with Crippen molar-refractivity contribution in [1.29, 1.82) is 5.41 Å². The zero-order chi connectivity index (χ0) is 29.2. The second kappa shape index (κ2) is 11.3. The number of guanidine groups is 1. The minimum atomic E-state index is -4.44. The number of ether oxygens (including phenoxy) is 1. The van der Waals surface area contributed by atoms with E-state index in [1.807, 2.05) is 16.8 Å². The topological polar surface area (TPSA) is 103 Å². The molecule has 0 aromatic rings. The first-order valence-corrected chi connectivity index (χ1v) is 14.9. The summed E-state index contributed by atoms with van der Waals surface area (Å²) >= 11 is 0. The molecule has 2 saturated carbocycles. The molecule has 0 bridgehead atoms. The molecule has 10 nitrogen and oxygen atoms in total. The molecule has 0 radical (unpaired) electrons. The Morgan fingerprint density at radius 2 is 1.76 bits per heavy atom. The molecule has 6 rings (SSSR count). The predicted molar refractivity (Wildman–Crippen MR) is 142 cm³/mol. The number of rotatable bonds is 6. The standard InChI is InChI=1S/C26H44F5N9O/c1-38-10-18(26(29,30)31)36-22(38)14-7-15(27)13(6-16(14)28)9-40-23-17(39(2)25(40)32)8-33-21(37-23)19-20(12-4-5-12)34-11-35-24(19)41-3/h12-24,32-37H,4-11H2,1-3H3. The zero-order valence-corrected chi connectivity index (χ0v) is 23.8. The Bertz CT molecular complexity index is 959. The molecule has 234 valence electrons. The molecule has 4 aliphatic heterocycles. The highest BCUT2D eigenvalue weighted by atomic mass is 19.4. The van der Waals surface area contributed by atoms with Crippen molar-refractivity contribution in [3.05, 3.63) is 0 Å². The maximum atomic E-state index is 15.7. The number of nitrogens with zero attached hydrogens (tertiary/aromatic N) is 3. The van der Waals surface area contributed by atoms with Crippen LogP contribution in [0.5, 0.6) is 0 Å². The highest BCUT2D eigenvalue weighted by Gasteiger charge is 2.54. The molecule has 4 heterocycles. The number of alkyl halides is 5. The molecule has 0 aromatic carbocycles. The second-order valence-corrected chi connectivity index (χ2v) is 12.9. The third-order valence-electron chi connectivity index (χ3n) is 10.4. The predicted octanol–water partition coefficient (Wildman–Crippen LogP) is 0.394. The van der Waals surface area contributed by atoms with Crippen molar-refractivity contribution < 1.29 is 26.7 Å². The number of halogens is 5. The summed E-state index contributed by atoms with van der Waals surface area (Å²) in [4.78, 5) is 5.17. The van der Waals surface area contributed by atoms with E-state index in [1.165, 1.54) is 24.8 Å². The first-order valence-electron chi connectivity index (χ1n) is 14.9. The van der Waals surface area contributed by atoms with Gasteiger partial charge in [0.2, 0.25) is 0 Å². The third kappa shape index (κ3) is 5.55. The fourth-order valence-corrected chi connectivity index (χ4v) is 8.01. The number of methoxy groups -OCH3 is 1. The molecule has 6 aliphatic rings. The van der Waals surface area contributed by atoms with Crippen LogP contribution in [0.25, 0.3) is 0 Å². The summed E-state index contributed by atoms with van der Waals surface area (Å²) in [5.74, 6) is -0.611. The summed E-state index contributed by atoms with van der Waals surface area (Å²) in [6.07, 6.45) is -6.57. The molecule has 2 aliphatic carbocycles. The van der Waals surface area contributed by atoms with Crippen LogP contribution < -0.4 is 26.6 Å². The van der Waals surface area contributed by atoms with Gasteiger partial charge in [-0.25, -0.2) is 8.78 Å². The Morgan fingerprint density at radius 3 is 2.41 bits per heavy atom. The number of hydrogen-bond donors (Lipinski definition) is 6. The van der Waals surface area contributed by atoms with E-state index in [0.29, 0.717) is 19.1 Å². The van der Waals surface area contributed by atoms with Gasteiger partial charge in [-0.3, -0.25) is 31.6 Å². The van der Waals surface area contributed by atoms with Gasteiger partial charge in [-0.2, -0.15) is 13.2 Å². The fourth-order valence-electron chi connectivity index (χ4n) is 8.01. The molecule has 0 aromatic heterocycles. The lowest BCUT2D eigenvalue weighted by Gasteiger charge is -2.48. The van der Waals surface area contributed by atoms with E-state index in [2.05, 4.69) is 26.6 Å². The van der Waals surface area contributed by atoms with Crippen LogP contribution in [0.15, 0.2) is 0 Å². The van der Waals surface area contributed by atoms with E-state index >= 15 is 8.78 Å². The van der Waals surface area contributed by atoms with E-state index in [9.17, 15) is 13.2 Å². The number of likely N-dealkylation sites (N-methyl/N-ethyl adjacent to an activating group) is 2. The van der Waals surface area contributed by atoms with E-state index < -0.39 is 42.6 Å². The minimum Gasteiger partial charge on any atom is -0.366 e. The van der Waals surface area contributed by atoms with Gasteiger partial charge in [-0.1, -0.05) is 0 Å². The first kappa shape index (κ1) is 29.7.